The average molecular weight is 299 g/mol. The Morgan fingerprint density at radius 3 is 2.57 bits per heavy atom. The van der Waals surface area contributed by atoms with Crippen LogP contribution in [0, 0.1) is 0 Å². The van der Waals surface area contributed by atoms with Gasteiger partial charge < -0.3 is 19.7 Å². The fourth-order valence-corrected chi connectivity index (χ4v) is 2.62. The third-order valence-corrected chi connectivity index (χ3v) is 3.75. The van der Waals surface area contributed by atoms with Gasteiger partial charge in [0.05, 0.1) is 6.10 Å². The molecule has 1 heterocycles. The van der Waals surface area contributed by atoms with Crippen molar-refractivity contribution in [2.75, 3.05) is 46.5 Å². The monoisotopic (exact) mass is 299 g/mol. The molecule has 1 aliphatic heterocycles. The maximum atomic E-state index is 5.71. The highest BCUT2D eigenvalue weighted by molar-refractivity contribution is 5.80. The Morgan fingerprint density at radius 2 is 1.95 bits per heavy atom. The summed E-state index contributed by atoms with van der Waals surface area (Å²) in [6, 6.07) is 0. The molecule has 0 spiro atoms. The van der Waals surface area contributed by atoms with Gasteiger partial charge in [0.15, 0.2) is 5.96 Å². The molecule has 0 amide bonds. The number of hydrogen-bond acceptors (Lipinski definition) is 3. The minimum Gasteiger partial charge on any atom is -0.385 e. The van der Waals surface area contributed by atoms with Crippen molar-refractivity contribution >= 4 is 5.96 Å². The second-order valence-corrected chi connectivity index (χ2v) is 5.43. The average Bonchev–Trinajstić information content (AvgIpc) is 2.51. The number of ether oxygens (including phenoxy) is 2. The molecule has 0 aliphatic carbocycles. The maximum Gasteiger partial charge on any atom is 0.193 e. The highest BCUT2D eigenvalue weighted by Crippen LogP contribution is 2.13. The van der Waals surface area contributed by atoms with Crippen LogP contribution in [0.25, 0.3) is 0 Å². The van der Waals surface area contributed by atoms with Crippen molar-refractivity contribution < 1.29 is 9.47 Å². The van der Waals surface area contributed by atoms with Gasteiger partial charge in [0.25, 0.3) is 0 Å². The van der Waals surface area contributed by atoms with Gasteiger partial charge in [0.2, 0.25) is 0 Å². The van der Waals surface area contributed by atoms with E-state index < -0.39 is 0 Å². The molecule has 0 radical (unpaired) electrons. The van der Waals surface area contributed by atoms with Crippen LogP contribution in [0.15, 0.2) is 4.99 Å². The first-order chi connectivity index (χ1) is 10.3. The summed E-state index contributed by atoms with van der Waals surface area (Å²) in [6.07, 6.45) is 6.08. The van der Waals surface area contributed by atoms with E-state index in [1.807, 2.05) is 0 Å². The van der Waals surface area contributed by atoms with Crippen molar-refractivity contribution in [3.05, 3.63) is 0 Å². The Balaban J connectivity index is 2.31. The van der Waals surface area contributed by atoms with E-state index in [4.69, 9.17) is 14.5 Å². The minimum atomic E-state index is 0.433. The van der Waals surface area contributed by atoms with Crippen LogP contribution < -0.4 is 5.32 Å². The van der Waals surface area contributed by atoms with Crippen LogP contribution in [0.1, 0.15) is 46.0 Å². The predicted molar refractivity (Wildman–Crippen MR) is 87.9 cm³/mol. The number of hydrogen-bond donors (Lipinski definition) is 1. The summed E-state index contributed by atoms with van der Waals surface area (Å²) in [5.74, 6) is 1.07. The number of guanidine groups is 1. The standard InChI is InChI=1S/C16H33N3O2/c1-4-17-16(18-11-7-6-8-14-20-3)19-12-9-15(10-13-19)21-5-2/h15H,4-14H2,1-3H3,(H,17,18). The number of rotatable bonds is 9. The van der Waals surface area contributed by atoms with Crippen molar-refractivity contribution in [1.29, 1.82) is 0 Å². The van der Waals surface area contributed by atoms with E-state index in [2.05, 4.69) is 24.1 Å². The number of piperidine rings is 1. The largest absolute Gasteiger partial charge is 0.385 e. The van der Waals surface area contributed by atoms with Crippen molar-refractivity contribution in [3.63, 3.8) is 0 Å². The van der Waals surface area contributed by atoms with Crippen LogP contribution in [0.4, 0.5) is 0 Å². The van der Waals surface area contributed by atoms with Crippen LogP contribution in [-0.2, 0) is 9.47 Å². The topological polar surface area (TPSA) is 46.1 Å². The number of nitrogens with zero attached hydrogens (tertiary/aromatic N) is 2. The molecule has 21 heavy (non-hydrogen) atoms. The van der Waals surface area contributed by atoms with Crippen molar-refractivity contribution in [3.8, 4) is 0 Å². The highest BCUT2D eigenvalue weighted by atomic mass is 16.5. The SMILES string of the molecule is CCNC(=NCCCCCOC)N1CCC(OCC)CC1. The molecule has 0 aromatic rings. The zero-order chi connectivity index (χ0) is 15.3. The van der Waals surface area contributed by atoms with E-state index in [1.165, 1.54) is 6.42 Å². The van der Waals surface area contributed by atoms with Gasteiger partial charge >= 0.3 is 0 Å². The molecule has 1 saturated heterocycles. The summed E-state index contributed by atoms with van der Waals surface area (Å²) < 4.78 is 10.8. The summed E-state index contributed by atoms with van der Waals surface area (Å²) in [5.41, 5.74) is 0. The molecule has 1 aliphatic rings. The number of nitrogens with one attached hydrogen (secondary N) is 1. The van der Waals surface area contributed by atoms with E-state index in [0.29, 0.717) is 6.10 Å². The molecule has 0 saturated carbocycles. The first kappa shape index (κ1) is 18.2. The van der Waals surface area contributed by atoms with E-state index in [0.717, 1.165) is 71.0 Å². The van der Waals surface area contributed by atoms with Crippen molar-refractivity contribution in [2.45, 2.75) is 52.1 Å². The normalized spacial score (nSPS) is 17.3. The third kappa shape index (κ3) is 7.67. The molecule has 124 valence electrons. The van der Waals surface area contributed by atoms with Crippen molar-refractivity contribution in [1.82, 2.24) is 10.2 Å². The maximum absolute atomic E-state index is 5.71. The summed E-state index contributed by atoms with van der Waals surface area (Å²) in [5, 5.41) is 3.41. The molecule has 0 atom stereocenters. The summed E-state index contributed by atoms with van der Waals surface area (Å²) in [4.78, 5) is 7.12. The Hall–Kier alpha value is -0.810. The fraction of sp³-hybridized carbons (Fsp3) is 0.938. The third-order valence-electron chi connectivity index (χ3n) is 3.75. The van der Waals surface area contributed by atoms with Gasteiger partial charge in [-0.3, -0.25) is 4.99 Å². The molecule has 1 rings (SSSR count). The Kier molecular flexibility index (Phi) is 10.3. The molecule has 0 bridgehead atoms. The van der Waals surface area contributed by atoms with Crippen LogP contribution in [0.2, 0.25) is 0 Å². The molecular weight excluding hydrogens is 266 g/mol. The van der Waals surface area contributed by atoms with Gasteiger partial charge in [-0.2, -0.15) is 0 Å². The number of aliphatic imine (C=N–C) groups is 1. The Bertz CT molecular complexity index is 277. The van der Waals surface area contributed by atoms with Crippen LogP contribution in [-0.4, -0.2) is 63.5 Å². The molecule has 1 fully saturated rings. The smallest absolute Gasteiger partial charge is 0.193 e. The van der Waals surface area contributed by atoms with Gasteiger partial charge in [-0.05, 0) is 46.0 Å². The zero-order valence-corrected chi connectivity index (χ0v) is 14.1. The van der Waals surface area contributed by atoms with Gasteiger partial charge in [-0.15, -0.1) is 0 Å². The van der Waals surface area contributed by atoms with Crippen LogP contribution in [0.3, 0.4) is 0 Å². The van der Waals surface area contributed by atoms with E-state index in [1.54, 1.807) is 7.11 Å². The van der Waals surface area contributed by atoms with E-state index in [9.17, 15) is 0 Å². The highest BCUT2D eigenvalue weighted by Gasteiger charge is 2.21. The number of likely N-dealkylation sites (tertiary alicyclic amines) is 1. The summed E-state index contributed by atoms with van der Waals surface area (Å²) >= 11 is 0. The van der Waals surface area contributed by atoms with Gasteiger partial charge in [0, 0.05) is 46.5 Å². The first-order valence-electron chi connectivity index (χ1n) is 8.45. The quantitative estimate of drug-likeness (QED) is 0.403. The van der Waals surface area contributed by atoms with Crippen molar-refractivity contribution in [2.24, 2.45) is 4.99 Å². The van der Waals surface area contributed by atoms with Crippen LogP contribution >= 0.6 is 0 Å². The van der Waals surface area contributed by atoms with Crippen LogP contribution in [0.5, 0.6) is 0 Å². The molecule has 1 N–H and O–H groups in total. The second kappa shape index (κ2) is 11.8. The lowest BCUT2D eigenvalue weighted by Crippen LogP contribution is -2.47. The Labute approximate surface area is 130 Å². The summed E-state index contributed by atoms with van der Waals surface area (Å²) in [6.45, 7) is 9.78. The number of methoxy groups -OCH3 is 1. The van der Waals surface area contributed by atoms with E-state index in [-0.39, 0.29) is 0 Å². The predicted octanol–water partition coefficient (Wildman–Crippen LogP) is 2.27. The second-order valence-electron chi connectivity index (χ2n) is 5.43. The first-order valence-corrected chi connectivity index (χ1v) is 8.45. The molecule has 0 aromatic carbocycles. The summed E-state index contributed by atoms with van der Waals surface area (Å²) in [7, 11) is 1.76. The molecular formula is C16H33N3O2. The van der Waals surface area contributed by atoms with Gasteiger partial charge in [-0.25, -0.2) is 0 Å². The fourth-order valence-electron chi connectivity index (χ4n) is 2.62. The molecule has 0 aromatic heterocycles. The molecule has 5 nitrogen and oxygen atoms in total. The lowest BCUT2D eigenvalue weighted by atomic mass is 10.1. The molecule has 5 heteroatoms. The lowest BCUT2D eigenvalue weighted by molar-refractivity contribution is 0.0264. The van der Waals surface area contributed by atoms with E-state index >= 15 is 0 Å². The molecule has 0 unspecified atom stereocenters. The lowest BCUT2D eigenvalue weighted by Gasteiger charge is -2.34. The van der Waals surface area contributed by atoms with Gasteiger partial charge in [0.1, 0.15) is 0 Å². The van der Waals surface area contributed by atoms with Gasteiger partial charge in [-0.1, -0.05) is 0 Å². The zero-order valence-electron chi connectivity index (χ0n) is 14.1. The minimum absolute atomic E-state index is 0.433. The number of unbranched alkanes of at least 4 members (excludes halogenated alkanes) is 2. The Morgan fingerprint density at radius 1 is 1.19 bits per heavy atom.